The van der Waals surface area contributed by atoms with E-state index in [-0.39, 0.29) is 10.6 Å². The summed E-state index contributed by atoms with van der Waals surface area (Å²) in [5.74, 6) is 0. The molecule has 2 aromatic rings. The fourth-order valence-corrected chi connectivity index (χ4v) is 2.81. The minimum absolute atomic E-state index is 0.158. The van der Waals surface area contributed by atoms with E-state index in [1.54, 1.807) is 12.1 Å². The summed E-state index contributed by atoms with van der Waals surface area (Å²) < 4.78 is 27.3. The number of hydrogen-bond donors (Lipinski definition) is 1. The molecule has 1 heterocycles. The predicted molar refractivity (Wildman–Crippen MR) is 74.2 cm³/mol. The molecule has 0 bridgehead atoms. The van der Waals surface area contributed by atoms with Gasteiger partial charge in [0.05, 0.1) is 21.8 Å². The summed E-state index contributed by atoms with van der Waals surface area (Å²) in [5, 5.41) is 0.297. The Morgan fingerprint density at radius 2 is 1.83 bits per heavy atom. The van der Waals surface area contributed by atoms with Crippen LogP contribution in [0.2, 0.25) is 5.02 Å². The van der Waals surface area contributed by atoms with E-state index >= 15 is 0 Å². The van der Waals surface area contributed by atoms with Crippen LogP contribution in [0.5, 0.6) is 0 Å². The number of aromatic nitrogens is 1. The normalized spacial score (nSPS) is 11.2. The Labute approximate surface area is 118 Å². The number of benzene rings is 1. The van der Waals surface area contributed by atoms with Gasteiger partial charge in [-0.2, -0.15) is 0 Å². The summed E-state index contributed by atoms with van der Waals surface area (Å²) in [6.45, 7) is 0. The summed E-state index contributed by atoms with van der Waals surface area (Å²) in [4.78, 5) is 3.98. The molecule has 18 heavy (non-hydrogen) atoms. The first-order valence-electron chi connectivity index (χ1n) is 4.87. The van der Waals surface area contributed by atoms with E-state index in [1.165, 1.54) is 30.6 Å². The second-order valence-corrected chi connectivity index (χ2v) is 6.42. The third-order valence-corrected chi connectivity index (χ3v) is 4.38. The molecule has 0 aliphatic heterocycles. The number of halogens is 2. The Hall–Kier alpha value is -1.11. The smallest absolute Gasteiger partial charge is 0.261 e. The van der Waals surface area contributed by atoms with Crippen LogP contribution in [0.3, 0.4) is 0 Å². The number of nitrogens with one attached hydrogen (secondary N) is 1. The standard InChI is InChI=1S/C11H8BrClN2O2S/c12-8-1-3-9(4-2-8)18(16,17)15-11-7-14-6-5-10(11)13/h1-7,15H. The molecule has 7 heteroatoms. The first kappa shape index (κ1) is 13.3. The van der Waals surface area contributed by atoms with Crippen molar-refractivity contribution in [1.29, 1.82) is 0 Å². The van der Waals surface area contributed by atoms with Gasteiger partial charge in [-0.1, -0.05) is 27.5 Å². The highest BCUT2D eigenvalue weighted by atomic mass is 79.9. The molecule has 0 atom stereocenters. The highest BCUT2D eigenvalue weighted by molar-refractivity contribution is 9.10. The molecule has 0 unspecified atom stereocenters. The van der Waals surface area contributed by atoms with E-state index in [1.807, 2.05) is 0 Å². The fraction of sp³-hybridized carbons (Fsp3) is 0. The van der Waals surface area contributed by atoms with Crippen molar-refractivity contribution in [3.05, 3.63) is 52.2 Å². The van der Waals surface area contributed by atoms with E-state index in [9.17, 15) is 8.42 Å². The molecular formula is C11H8BrClN2O2S. The molecule has 0 saturated carbocycles. The van der Waals surface area contributed by atoms with Crippen molar-refractivity contribution >= 4 is 43.2 Å². The molecule has 0 radical (unpaired) electrons. The maximum absolute atomic E-state index is 12.1. The first-order chi connectivity index (χ1) is 8.49. The number of nitrogens with zero attached hydrogens (tertiary/aromatic N) is 1. The average molecular weight is 348 g/mol. The largest absolute Gasteiger partial charge is 0.277 e. The third kappa shape index (κ3) is 3.01. The van der Waals surface area contributed by atoms with Gasteiger partial charge in [0.1, 0.15) is 0 Å². The summed E-state index contributed by atoms with van der Waals surface area (Å²) >= 11 is 9.11. The monoisotopic (exact) mass is 346 g/mol. The van der Waals surface area contributed by atoms with Crippen LogP contribution in [-0.4, -0.2) is 13.4 Å². The average Bonchev–Trinajstić information content (AvgIpc) is 2.32. The van der Waals surface area contributed by atoms with Gasteiger partial charge in [-0.15, -0.1) is 0 Å². The molecular weight excluding hydrogens is 340 g/mol. The Kier molecular flexibility index (Phi) is 3.89. The zero-order valence-corrected chi connectivity index (χ0v) is 12.1. The second kappa shape index (κ2) is 5.26. The highest BCUT2D eigenvalue weighted by Crippen LogP contribution is 2.23. The lowest BCUT2D eigenvalue weighted by atomic mass is 10.4. The summed E-state index contributed by atoms with van der Waals surface area (Å²) in [7, 11) is -3.65. The van der Waals surface area contributed by atoms with Crippen LogP contribution in [0.15, 0.2) is 52.1 Å². The molecule has 0 spiro atoms. The minimum Gasteiger partial charge on any atom is -0.277 e. The van der Waals surface area contributed by atoms with Crippen molar-refractivity contribution in [2.45, 2.75) is 4.90 Å². The van der Waals surface area contributed by atoms with E-state index in [0.717, 1.165) is 4.47 Å². The Balaban J connectivity index is 2.33. The minimum atomic E-state index is -3.65. The van der Waals surface area contributed by atoms with E-state index in [4.69, 9.17) is 11.6 Å². The lowest BCUT2D eigenvalue weighted by molar-refractivity contribution is 0.601. The third-order valence-electron chi connectivity index (χ3n) is 2.14. The summed E-state index contributed by atoms with van der Waals surface area (Å²) in [6.07, 6.45) is 2.85. The van der Waals surface area contributed by atoms with Crippen molar-refractivity contribution in [3.63, 3.8) is 0 Å². The molecule has 0 aliphatic carbocycles. The van der Waals surface area contributed by atoms with Gasteiger partial charge in [-0.05, 0) is 30.3 Å². The molecule has 2 rings (SSSR count). The zero-order valence-electron chi connectivity index (χ0n) is 8.97. The van der Waals surface area contributed by atoms with Crippen molar-refractivity contribution < 1.29 is 8.42 Å². The lowest BCUT2D eigenvalue weighted by Gasteiger charge is -2.08. The summed E-state index contributed by atoms with van der Waals surface area (Å²) in [5.41, 5.74) is 0.252. The van der Waals surface area contributed by atoms with Gasteiger partial charge in [0.15, 0.2) is 0 Å². The van der Waals surface area contributed by atoms with Crippen molar-refractivity contribution in [1.82, 2.24) is 4.98 Å². The van der Waals surface area contributed by atoms with Crippen LogP contribution in [0.1, 0.15) is 0 Å². The van der Waals surface area contributed by atoms with Gasteiger partial charge in [0, 0.05) is 10.7 Å². The number of hydrogen-bond acceptors (Lipinski definition) is 3. The van der Waals surface area contributed by atoms with Crippen LogP contribution < -0.4 is 4.72 Å². The Bertz CT molecular complexity index is 659. The Morgan fingerprint density at radius 3 is 2.44 bits per heavy atom. The van der Waals surface area contributed by atoms with E-state index < -0.39 is 10.0 Å². The number of anilines is 1. The van der Waals surface area contributed by atoms with Crippen LogP contribution in [0, 0.1) is 0 Å². The SMILES string of the molecule is O=S(=O)(Nc1cnccc1Cl)c1ccc(Br)cc1. The van der Waals surface area contributed by atoms with Gasteiger partial charge in [-0.25, -0.2) is 8.42 Å². The van der Waals surface area contributed by atoms with Crippen LogP contribution >= 0.6 is 27.5 Å². The fourth-order valence-electron chi connectivity index (χ4n) is 1.27. The number of sulfonamides is 1. The Morgan fingerprint density at radius 1 is 1.17 bits per heavy atom. The predicted octanol–water partition coefficient (Wildman–Crippen LogP) is 3.30. The molecule has 0 amide bonds. The van der Waals surface area contributed by atoms with Crippen LogP contribution in [0.4, 0.5) is 5.69 Å². The maximum atomic E-state index is 12.1. The molecule has 4 nitrogen and oxygen atoms in total. The quantitative estimate of drug-likeness (QED) is 0.927. The topological polar surface area (TPSA) is 59.1 Å². The van der Waals surface area contributed by atoms with Crippen LogP contribution in [-0.2, 0) is 10.0 Å². The lowest BCUT2D eigenvalue weighted by Crippen LogP contribution is -2.13. The van der Waals surface area contributed by atoms with Gasteiger partial charge in [0.25, 0.3) is 10.0 Å². The van der Waals surface area contributed by atoms with Gasteiger partial charge < -0.3 is 0 Å². The highest BCUT2D eigenvalue weighted by Gasteiger charge is 2.15. The molecule has 94 valence electrons. The first-order valence-corrected chi connectivity index (χ1v) is 7.52. The molecule has 1 N–H and O–H groups in total. The van der Waals surface area contributed by atoms with E-state index in [2.05, 4.69) is 25.6 Å². The number of pyridine rings is 1. The van der Waals surface area contributed by atoms with Gasteiger partial charge in [0.2, 0.25) is 0 Å². The maximum Gasteiger partial charge on any atom is 0.261 e. The second-order valence-electron chi connectivity index (χ2n) is 3.41. The molecule has 0 aliphatic rings. The zero-order chi connectivity index (χ0) is 13.2. The summed E-state index contributed by atoms with van der Waals surface area (Å²) in [6, 6.07) is 7.81. The van der Waals surface area contributed by atoms with Crippen LogP contribution in [0.25, 0.3) is 0 Å². The molecule has 1 aromatic carbocycles. The number of rotatable bonds is 3. The van der Waals surface area contributed by atoms with Crippen molar-refractivity contribution in [3.8, 4) is 0 Å². The van der Waals surface area contributed by atoms with Gasteiger partial charge >= 0.3 is 0 Å². The van der Waals surface area contributed by atoms with Crippen molar-refractivity contribution in [2.24, 2.45) is 0 Å². The molecule has 0 fully saturated rings. The molecule has 1 aromatic heterocycles. The molecule has 0 saturated heterocycles. The van der Waals surface area contributed by atoms with Crippen molar-refractivity contribution in [2.75, 3.05) is 4.72 Å². The van der Waals surface area contributed by atoms with Gasteiger partial charge in [-0.3, -0.25) is 9.71 Å². The van der Waals surface area contributed by atoms with E-state index in [0.29, 0.717) is 5.02 Å².